The van der Waals surface area contributed by atoms with Crippen molar-refractivity contribution < 1.29 is 19.0 Å². The second-order valence-corrected chi connectivity index (χ2v) is 4.28. The van der Waals surface area contributed by atoms with Crippen molar-refractivity contribution in [1.29, 1.82) is 0 Å². The van der Waals surface area contributed by atoms with Crippen LogP contribution in [-0.2, 0) is 9.53 Å². The Hall–Kier alpha value is -0.640. The van der Waals surface area contributed by atoms with Gasteiger partial charge in [-0.3, -0.25) is 0 Å². The number of carbonyl (C=O) groups excluding carboxylic acids is 1. The topological polar surface area (TPSA) is 46.5 Å². The van der Waals surface area contributed by atoms with E-state index in [1.807, 2.05) is 0 Å². The molecule has 2 unspecified atom stereocenters. The van der Waals surface area contributed by atoms with Gasteiger partial charge in [-0.05, 0) is 20.3 Å². The maximum Gasteiger partial charge on any atom is 0.343 e. The van der Waals surface area contributed by atoms with E-state index < -0.39 is 17.7 Å². The van der Waals surface area contributed by atoms with E-state index in [0.717, 1.165) is 25.7 Å². The average Bonchev–Trinajstić information content (AvgIpc) is 2.23. The van der Waals surface area contributed by atoms with Crippen LogP contribution in [-0.4, -0.2) is 29.5 Å². The molecule has 16 heavy (non-hydrogen) atoms. The fourth-order valence-corrected chi connectivity index (χ4v) is 1.51. The minimum absolute atomic E-state index is 0.130. The average molecular weight is 234 g/mol. The van der Waals surface area contributed by atoms with Crippen molar-refractivity contribution in [3.05, 3.63) is 0 Å². The summed E-state index contributed by atoms with van der Waals surface area (Å²) in [6.07, 6.45) is 2.15. The van der Waals surface area contributed by atoms with Crippen molar-refractivity contribution in [2.75, 3.05) is 6.61 Å². The molecule has 96 valence electrons. The maximum absolute atomic E-state index is 13.5. The van der Waals surface area contributed by atoms with E-state index >= 15 is 0 Å². The molecule has 0 amide bonds. The third-order valence-electron chi connectivity index (χ3n) is 2.58. The summed E-state index contributed by atoms with van der Waals surface area (Å²) in [7, 11) is 0. The quantitative estimate of drug-likeness (QED) is 0.518. The first-order chi connectivity index (χ1) is 7.45. The molecule has 0 rings (SSSR count). The Morgan fingerprint density at radius 2 is 2.00 bits per heavy atom. The van der Waals surface area contributed by atoms with Gasteiger partial charge in [-0.25, -0.2) is 9.18 Å². The number of unbranched alkanes of at least 4 members (excludes halogenated alkanes) is 3. The Labute approximate surface area is 97.0 Å². The van der Waals surface area contributed by atoms with Crippen LogP contribution >= 0.6 is 0 Å². The number of carbonyl (C=O) groups is 1. The first kappa shape index (κ1) is 15.4. The molecule has 0 aliphatic rings. The van der Waals surface area contributed by atoms with Gasteiger partial charge in [-0.15, -0.1) is 0 Å². The van der Waals surface area contributed by atoms with Crippen molar-refractivity contribution in [3.8, 4) is 0 Å². The van der Waals surface area contributed by atoms with Crippen LogP contribution in [0.4, 0.5) is 4.39 Å². The van der Waals surface area contributed by atoms with Crippen molar-refractivity contribution in [1.82, 2.24) is 0 Å². The SMILES string of the molecule is CCCCCCC(C)(O)C(F)C(=O)OCC. The second-order valence-electron chi connectivity index (χ2n) is 4.28. The molecule has 0 radical (unpaired) electrons. The van der Waals surface area contributed by atoms with Crippen molar-refractivity contribution in [2.45, 2.75) is 64.6 Å². The molecule has 0 saturated carbocycles. The van der Waals surface area contributed by atoms with Crippen molar-refractivity contribution in [2.24, 2.45) is 0 Å². The van der Waals surface area contributed by atoms with E-state index in [1.165, 1.54) is 6.92 Å². The Morgan fingerprint density at radius 1 is 1.38 bits per heavy atom. The lowest BCUT2D eigenvalue weighted by Gasteiger charge is -2.25. The smallest absolute Gasteiger partial charge is 0.343 e. The van der Waals surface area contributed by atoms with E-state index in [-0.39, 0.29) is 13.0 Å². The van der Waals surface area contributed by atoms with Crippen LogP contribution < -0.4 is 0 Å². The maximum atomic E-state index is 13.5. The van der Waals surface area contributed by atoms with Crippen molar-refractivity contribution >= 4 is 5.97 Å². The number of aliphatic hydroxyl groups is 1. The zero-order chi connectivity index (χ0) is 12.6. The summed E-state index contributed by atoms with van der Waals surface area (Å²) < 4.78 is 18.1. The van der Waals surface area contributed by atoms with Gasteiger partial charge >= 0.3 is 5.97 Å². The first-order valence-corrected chi connectivity index (χ1v) is 5.98. The highest BCUT2D eigenvalue weighted by Gasteiger charge is 2.38. The fraction of sp³-hybridized carbons (Fsp3) is 0.917. The minimum Gasteiger partial charge on any atom is -0.464 e. The van der Waals surface area contributed by atoms with Gasteiger partial charge in [0.2, 0.25) is 6.17 Å². The van der Waals surface area contributed by atoms with E-state index in [9.17, 15) is 14.3 Å². The Kier molecular flexibility index (Phi) is 7.30. The summed E-state index contributed by atoms with van der Waals surface area (Å²) in [6, 6.07) is 0. The van der Waals surface area contributed by atoms with Crippen LogP contribution in [0.25, 0.3) is 0 Å². The summed E-state index contributed by atoms with van der Waals surface area (Å²) >= 11 is 0. The summed E-state index contributed by atoms with van der Waals surface area (Å²) in [5, 5.41) is 9.80. The Morgan fingerprint density at radius 3 is 2.50 bits per heavy atom. The van der Waals surface area contributed by atoms with Gasteiger partial charge in [0.25, 0.3) is 0 Å². The van der Waals surface area contributed by atoms with Gasteiger partial charge < -0.3 is 9.84 Å². The summed E-state index contributed by atoms with van der Waals surface area (Å²) in [5.74, 6) is -0.969. The molecular weight excluding hydrogens is 211 g/mol. The number of halogens is 1. The van der Waals surface area contributed by atoms with E-state index in [1.54, 1.807) is 6.92 Å². The lowest BCUT2D eigenvalue weighted by Crippen LogP contribution is -2.42. The number of alkyl halides is 1. The van der Waals surface area contributed by atoms with E-state index in [2.05, 4.69) is 11.7 Å². The predicted octanol–water partition coefficient (Wildman–Crippen LogP) is 2.61. The molecular formula is C12H23FO3. The molecule has 0 aromatic rings. The molecule has 0 aromatic heterocycles. The third-order valence-corrected chi connectivity index (χ3v) is 2.58. The molecule has 4 heteroatoms. The molecule has 0 aromatic carbocycles. The summed E-state index contributed by atoms with van der Waals surface area (Å²) in [4.78, 5) is 11.1. The highest BCUT2D eigenvalue weighted by atomic mass is 19.1. The van der Waals surface area contributed by atoms with Gasteiger partial charge in [-0.2, -0.15) is 0 Å². The molecule has 0 bridgehead atoms. The predicted molar refractivity (Wildman–Crippen MR) is 60.9 cm³/mol. The van der Waals surface area contributed by atoms with Crippen LogP contribution in [0.1, 0.15) is 52.9 Å². The van der Waals surface area contributed by atoms with Gasteiger partial charge in [0.05, 0.1) is 6.61 Å². The Balaban J connectivity index is 4.03. The summed E-state index contributed by atoms with van der Waals surface area (Å²) in [6.45, 7) is 5.17. The molecule has 0 aliphatic carbocycles. The molecule has 0 heterocycles. The standard InChI is InChI=1S/C12H23FO3/c1-4-6-7-8-9-12(3,15)10(13)11(14)16-5-2/h10,15H,4-9H2,1-3H3. The number of hydrogen-bond donors (Lipinski definition) is 1. The van der Waals surface area contributed by atoms with Crippen LogP contribution in [0.15, 0.2) is 0 Å². The lowest BCUT2D eigenvalue weighted by atomic mass is 9.93. The van der Waals surface area contributed by atoms with Gasteiger partial charge in [0, 0.05) is 0 Å². The summed E-state index contributed by atoms with van der Waals surface area (Å²) in [5.41, 5.74) is -1.61. The van der Waals surface area contributed by atoms with E-state index in [4.69, 9.17) is 0 Å². The van der Waals surface area contributed by atoms with Gasteiger partial charge in [0.15, 0.2) is 0 Å². The number of hydrogen-bond acceptors (Lipinski definition) is 3. The zero-order valence-electron chi connectivity index (χ0n) is 10.5. The number of esters is 1. The zero-order valence-corrected chi connectivity index (χ0v) is 10.5. The van der Waals surface area contributed by atoms with Crippen molar-refractivity contribution in [3.63, 3.8) is 0 Å². The fourth-order valence-electron chi connectivity index (χ4n) is 1.51. The first-order valence-electron chi connectivity index (χ1n) is 5.98. The highest BCUT2D eigenvalue weighted by molar-refractivity contribution is 5.75. The monoisotopic (exact) mass is 234 g/mol. The molecule has 1 N–H and O–H groups in total. The van der Waals surface area contributed by atoms with Gasteiger partial charge in [-0.1, -0.05) is 32.6 Å². The minimum atomic E-state index is -1.95. The largest absolute Gasteiger partial charge is 0.464 e. The molecule has 3 nitrogen and oxygen atoms in total. The molecule has 0 fully saturated rings. The number of rotatable bonds is 8. The van der Waals surface area contributed by atoms with Crippen LogP contribution in [0, 0.1) is 0 Å². The molecule has 0 spiro atoms. The second kappa shape index (κ2) is 7.60. The van der Waals surface area contributed by atoms with Crippen LogP contribution in [0.2, 0.25) is 0 Å². The molecule has 0 aliphatic heterocycles. The third kappa shape index (κ3) is 5.45. The van der Waals surface area contributed by atoms with Crippen LogP contribution in [0.5, 0.6) is 0 Å². The van der Waals surface area contributed by atoms with Gasteiger partial charge in [0.1, 0.15) is 5.60 Å². The normalized spacial score (nSPS) is 16.6. The highest BCUT2D eigenvalue weighted by Crippen LogP contribution is 2.22. The van der Waals surface area contributed by atoms with E-state index in [0.29, 0.717) is 0 Å². The Bertz CT molecular complexity index is 204. The lowest BCUT2D eigenvalue weighted by molar-refractivity contribution is -0.159. The molecule has 0 saturated heterocycles. The number of ether oxygens (including phenoxy) is 1. The molecule has 2 atom stereocenters. The van der Waals surface area contributed by atoms with Crippen LogP contribution in [0.3, 0.4) is 0 Å².